The summed E-state index contributed by atoms with van der Waals surface area (Å²) < 4.78 is 1.56. The predicted molar refractivity (Wildman–Crippen MR) is 91.3 cm³/mol. The molecule has 0 saturated carbocycles. The fourth-order valence-electron chi connectivity index (χ4n) is 2.21. The number of nitrogens with one attached hydrogen (secondary N) is 3. The summed E-state index contributed by atoms with van der Waals surface area (Å²) in [6, 6.07) is 8.60. The van der Waals surface area contributed by atoms with E-state index >= 15 is 0 Å². The maximum Gasteiger partial charge on any atom is 0.269 e. The maximum absolute atomic E-state index is 12.0. The first-order valence-corrected chi connectivity index (χ1v) is 7.79. The normalized spacial score (nSPS) is 10.2. The van der Waals surface area contributed by atoms with Crippen LogP contribution in [0.5, 0.6) is 0 Å². The summed E-state index contributed by atoms with van der Waals surface area (Å²) in [7, 11) is 0. The van der Waals surface area contributed by atoms with E-state index in [0.29, 0.717) is 12.1 Å². The number of hydrogen-bond acceptors (Lipinski definition) is 4. The van der Waals surface area contributed by atoms with Crippen molar-refractivity contribution in [3.05, 3.63) is 52.8 Å². The number of aromatic nitrogens is 2. The van der Waals surface area contributed by atoms with Crippen molar-refractivity contribution in [1.29, 1.82) is 0 Å². The van der Waals surface area contributed by atoms with Gasteiger partial charge in [0.05, 0.1) is 5.69 Å². The summed E-state index contributed by atoms with van der Waals surface area (Å²) in [6.45, 7) is 5.57. The van der Waals surface area contributed by atoms with Crippen molar-refractivity contribution < 1.29 is 14.4 Å². The largest absolute Gasteiger partial charge is 0.352 e. The minimum atomic E-state index is -0.423. The van der Waals surface area contributed by atoms with E-state index in [2.05, 4.69) is 21.3 Å². The molecule has 3 N–H and O–H groups in total. The van der Waals surface area contributed by atoms with Crippen molar-refractivity contribution in [1.82, 2.24) is 25.9 Å². The molecule has 0 saturated heterocycles. The van der Waals surface area contributed by atoms with Gasteiger partial charge >= 0.3 is 0 Å². The van der Waals surface area contributed by atoms with Crippen molar-refractivity contribution in [2.24, 2.45) is 0 Å². The van der Waals surface area contributed by atoms with Crippen LogP contribution in [-0.2, 0) is 22.7 Å². The van der Waals surface area contributed by atoms with Crippen molar-refractivity contribution in [2.45, 2.75) is 33.9 Å². The van der Waals surface area contributed by atoms with Gasteiger partial charge in [0, 0.05) is 24.7 Å². The van der Waals surface area contributed by atoms with E-state index < -0.39 is 5.91 Å². The Labute approximate surface area is 145 Å². The molecule has 1 aromatic carbocycles. The summed E-state index contributed by atoms with van der Waals surface area (Å²) in [5, 5.41) is 6.86. The summed E-state index contributed by atoms with van der Waals surface area (Å²) >= 11 is 0. The lowest BCUT2D eigenvalue weighted by molar-refractivity contribution is -0.122. The van der Waals surface area contributed by atoms with Crippen LogP contribution < -0.4 is 16.2 Å². The smallest absolute Gasteiger partial charge is 0.269 e. The second-order valence-corrected chi connectivity index (χ2v) is 5.69. The van der Waals surface area contributed by atoms with E-state index in [-0.39, 0.29) is 18.4 Å². The third-order valence-corrected chi connectivity index (χ3v) is 3.47. The molecule has 8 heteroatoms. The second kappa shape index (κ2) is 8.09. The van der Waals surface area contributed by atoms with Crippen molar-refractivity contribution in [3.63, 3.8) is 0 Å². The minimum absolute atomic E-state index is 0.0234. The summed E-state index contributed by atoms with van der Waals surface area (Å²) in [6.07, 6.45) is 0. The van der Waals surface area contributed by atoms with Gasteiger partial charge in [-0.25, -0.2) is 0 Å². The predicted octanol–water partition coefficient (Wildman–Crippen LogP) is 0.597. The lowest BCUT2D eigenvalue weighted by Crippen LogP contribution is -2.43. The maximum atomic E-state index is 12.0. The molecule has 0 radical (unpaired) electrons. The lowest BCUT2D eigenvalue weighted by Gasteiger charge is -2.09. The average molecular weight is 343 g/mol. The zero-order chi connectivity index (χ0) is 18.4. The van der Waals surface area contributed by atoms with Crippen molar-refractivity contribution >= 4 is 17.7 Å². The van der Waals surface area contributed by atoms with E-state index in [1.54, 1.807) is 28.9 Å². The summed E-state index contributed by atoms with van der Waals surface area (Å²) in [5.74, 6) is -0.915. The number of rotatable bonds is 5. The molecule has 25 heavy (non-hydrogen) atoms. The highest BCUT2D eigenvalue weighted by Crippen LogP contribution is 2.04. The number of hydrogen-bond donors (Lipinski definition) is 3. The number of hydrazine groups is 1. The number of amides is 3. The first-order valence-electron chi connectivity index (χ1n) is 7.79. The standard InChI is InChI=1S/C17H21N5O3/c1-11-8-12(2)22(21-11)10-16(24)19-20-17(25)15-6-4-14(5-7-15)9-18-13(3)23/h4-8H,9-10H2,1-3H3,(H,18,23)(H,19,24)(H,20,25). The van der Waals surface area contributed by atoms with Gasteiger partial charge in [-0.2, -0.15) is 5.10 Å². The van der Waals surface area contributed by atoms with Crippen LogP contribution in [0.2, 0.25) is 0 Å². The zero-order valence-electron chi connectivity index (χ0n) is 14.4. The van der Waals surface area contributed by atoms with Gasteiger partial charge in [-0.15, -0.1) is 0 Å². The van der Waals surface area contributed by atoms with Gasteiger partial charge in [-0.05, 0) is 37.6 Å². The number of benzene rings is 1. The quantitative estimate of drug-likeness (QED) is 0.691. The number of aryl methyl sites for hydroxylation is 2. The monoisotopic (exact) mass is 343 g/mol. The Hall–Kier alpha value is -3.16. The Morgan fingerprint density at radius 3 is 2.32 bits per heavy atom. The van der Waals surface area contributed by atoms with Gasteiger partial charge in [-0.1, -0.05) is 12.1 Å². The van der Waals surface area contributed by atoms with Crippen LogP contribution in [-0.4, -0.2) is 27.5 Å². The van der Waals surface area contributed by atoms with Gasteiger partial charge in [0.25, 0.3) is 11.8 Å². The average Bonchev–Trinajstić information content (AvgIpc) is 2.88. The Bertz CT molecular complexity index is 780. The van der Waals surface area contributed by atoms with Crippen LogP contribution in [0.4, 0.5) is 0 Å². The minimum Gasteiger partial charge on any atom is -0.352 e. The molecule has 2 aromatic rings. The molecule has 1 aromatic heterocycles. The number of nitrogens with zero attached hydrogens (tertiary/aromatic N) is 2. The second-order valence-electron chi connectivity index (χ2n) is 5.69. The highest BCUT2D eigenvalue weighted by atomic mass is 16.2. The molecule has 0 unspecified atom stereocenters. The topological polar surface area (TPSA) is 105 Å². The van der Waals surface area contributed by atoms with Crippen LogP contribution in [0.25, 0.3) is 0 Å². The molecule has 0 atom stereocenters. The fourth-order valence-corrected chi connectivity index (χ4v) is 2.21. The van der Waals surface area contributed by atoms with Gasteiger partial charge in [0.15, 0.2) is 0 Å². The van der Waals surface area contributed by atoms with Gasteiger partial charge < -0.3 is 5.32 Å². The van der Waals surface area contributed by atoms with Crippen LogP contribution in [0.15, 0.2) is 30.3 Å². The van der Waals surface area contributed by atoms with E-state index in [4.69, 9.17) is 0 Å². The molecule has 132 valence electrons. The Balaban J connectivity index is 1.84. The van der Waals surface area contributed by atoms with Gasteiger partial charge in [-0.3, -0.25) is 29.9 Å². The molecular formula is C17H21N5O3. The summed E-state index contributed by atoms with van der Waals surface area (Å²) in [4.78, 5) is 34.8. The Morgan fingerprint density at radius 1 is 1.08 bits per heavy atom. The van der Waals surface area contributed by atoms with Crippen LogP contribution in [0.3, 0.4) is 0 Å². The third kappa shape index (κ3) is 5.45. The van der Waals surface area contributed by atoms with Gasteiger partial charge in [0.1, 0.15) is 6.54 Å². The molecule has 0 aliphatic rings. The lowest BCUT2D eigenvalue weighted by atomic mass is 10.1. The van der Waals surface area contributed by atoms with E-state index in [1.165, 1.54) is 6.92 Å². The molecule has 0 spiro atoms. The molecule has 0 bridgehead atoms. The molecule has 0 aliphatic carbocycles. The number of carbonyl (C=O) groups is 3. The third-order valence-electron chi connectivity index (χ3n) is 3.47. The SMILES string of the molecule is CC(=O)NCc1ccc(C(=O)NNC(=O)Cn2nc(C)cc2C)cc1. The van der Waals surface area contributed by atoms with Crippen molar-refractivity contribution in [2.75, 3.05) is 0 Å². The molecule has 8 nitrogen and oxygen atoms in total. The van der Waals surface area contributed by atoms with Crippen LogP contribution in [0.1, 0.15) is 34.2 Å². The fraction of sp³-hybridized carbons (Fsp3) is 0.294. The zero-order valence-corrected chi connectivity index (χ0v) is 14.4. The Kier molecular flexibility index (Phi) is 5.89. The molecule has 2 rings (SSSR count). The number of carbonyl (C=O) groups excluding carboxylic acids is 3. The molecule has 3 amide bonds. The molecule has 0 aliphatic heterocycles. The summed E-state index contributed by atoms with van der Waals surface area (Å²) in [5.41, 5.74) is 7.70. The van der Waals surface area contributed by atoms with Crippen LogP contribution >= 0.6 is 0 Å². The Morgan fingerprint density at radius 2 is 1.76 bits per heavy atom. The van der Waals surface area contributed by atoms with E-state index in [0.717, 1.165) is 17.0 Å². The molecular weight excluding hydrogens is 322 g/mol. The van der Waals surface area contributed by atoms with Crippen LogP contribution in [0, 0.1) is 13.8 Å². The molecule has 0 fully saturated rings. The first-order chi connectivity index (χ1) is 11.8. The highest BCUT2D eigenvalue weighted by molar-refractivity contribution is 5.95. The van der Waals surface area contributed by atoms with Crippen molar-refractivity contribution in [3.8, 4) is 0 Å². The van der Waals surface area contributed by atoms with E-state index in [9.17, 15) is 14.4 Å². The highest BCUT2D eigenvalue weighted by Gasteiger charge is 2.10. The first kappa shape index (κ1) is 18.2. The van der Waals surface area contributed by atoms with Gasteiger partial charge in [0.2, 0.25) is 5.91 Å². The molecule has 1 heterocycles. The van der Waals surface area contributed by atoms with E-state index in [1.807, 2.05) is 19.9 Å².